The van der Waals surface area contributed by atoms with Crippen LogP contribution in [0.15, 0.2) is 18.2 Å². The van der Waals surface area contributed by atoms with Gasteiger partial charge in [-0.05, 0) is 36.9 Å². The van der Waals surface area contributed by atoms with E-state index in [1.54, 1.807) is 0 Å². The molecule has 3 heteroatoms. The number of hydrogen-bond donors (Lipinski definition) is 1. The molecular formula is C14H19NO2. The maximum absolute atomic E-state index is 12.2. The lowest BCUT2D eigenvalue weighted by atomic mass is 9.95. The van der Waals surface area contributed by atoms with Crippen molar-refractivity contribution in [2.24, 2.45) is 11.7 Å². The Balaban J connectivity index is 2.23. The summed E-state index contributed by atoms with van der Waals surface area (Å²) in [6.45, 7) is 3.25. The fourth-order valence-electron chi connectivity index (χ4n) is 2.12. The average Bonchev–Trinajstić information content (AvgIpc) is 2.37. The van der Waals surface area contributed by atoms with Gasteiger partial charge in [-0.15, -0.1) is 0 Å². The number of Topliss-reactive ketones (excluding diaryl/α,β-unsaturated/α-hetero) is 1. The lowest BCUT2D eigenvalue weighted by molar-refractivity contribution is 0.0961. The van der Waals surface area contributed by atoms with E-state index in [0.717, 1.165) is 29.7 Å². The second-order valence-electron chi connectivity index (χ2n) is 4.71. The molecule has 1 heterocycles. The van der Waals surface area contributed by atoms with Gasteiger partial charge in [0.2, 0.25) is 0 Å². The van der Waals surface area contributed by atoms with Crippen molar-refractivity contribution in [3.05, 3.63) is 29.3 Å². The summed E-state index contributed by atoms with van der Waals surface area (Å²) in [6.07, 6.45) is 2.53. The number of carbonyl (C=O) groups excluding carboxylic acids is 1. The maximum Gasteiger partial charge on any atom is 0.166 e. The van der Waals surface area contributed by atoms with E-state index < -0.39 is 0 Å². The zero-order valence-corrected chi connectivity index (χ0v) is 10.2. The molecule has 0 bridgehead atoms. The molecule has 0 radical (unpaired) electrons. The van der Waals surface area contributed by atoms with E-state index in [9.17, 15) is 4.79 Å². The summed E-state index contributed by atoms with van der Waals surface area (Å²) < 4.78 is 5.64. The highest BCUT2D eigenvalue weighted by Crippen LogP contribution is 2.30. The van der Waals surface area contributed by atoms with Gasteiger partial charge in [-0.1, -0.05) is 19.1 Å². The van der Waals surface area contributed by atoms with Gasteiger partial charge in [0.25, 0.3) is 0 Å². The van der Waals surface area contributed by atoms with Crippen LogP contribution in [0.3, 0.4) is 0 Å². The van der Waals surface area contributed by atoms with Crippen LogP contribution in [0.4, 0.5) is 0 Å². The summed E-state index contributed by atoms with van der Waals surface area (Å²) in [5.74, 6) is 1.16. The van der Waals surface area contributed by atoms with Gasteiger partial charge in [-0.2, -0.15) is 0 Å². The van der Waals surface area contributed by atoms with E-state index in [4.69, 9.17) is 10.5 Å². The van der Waals surface area contributed by atoms with Crippen molar-refractivity contribution in [1.82, 2.24) is 0 Å². The Labute approximate surface area is 102 Å². The first-order valence-electron chi connectivity index (χ1n) is 6.20. The van der Waals surface area contributed by atoms with Crippen molar-refractivity contribution in [3.8, 4) is 5.75 Å². The van der Waals surface area contributed by atoms with E-state index in [2.05, 4.69) is 0 Å². The number of para-hydroxylation sites is 1. The number of aryl methyl sites for hydroxylation is 1. The molecule has 0 aliphatic carbocycles. The number of hydrogen-bond acceptors (Lipinski definition) is 3. The largest absolute Gasteiger partial charge is 0.493 e. The van der Waals surface area contributed by atoms with Crippen molar-refractivity contribution < 1.29 is 9.53 Å². The minimum Gasteiger partial charge on any atom is -0.493 e. The van der Waals surface area contributed by atoms with Crippen LogP contribution in [-0.4, -0.2) is 18.9 Å². The number of rotatable bonds is 4. The van der Waals surface area contributed by atoms with Crippen molar-refractivity contribution in [2.75, 3.05) is 13.2 Å². The number of carbonyl (C=O) groups is 1. The number of benzene rings is 1. The molecule has 1 aromatic rings. The smallest absolute Gasteiger partial charge is 0.166 e. The molecule has 2 rings (SSSR count). The number of nitrogens with two attached hydrogens (primary N) is 1. The first-order chi connectivity index (χ1) is 8.22. The predicted molar refractivity (Wildman–Crippen MR) is 67.4 cm³/mol. The number of ether oxygens (including phenoxy) is 1. The zero-order valence-electron chi connectivity index (χ0n) is 10.2. The molecule has 0 fully saturated rings. The summed E-state index contributed by atoms with van der Waals surface area (Å²) in [4.78, 5) is 12.2. The van der Waals surface area contributed by atoms with Crippen molar-refractivity contribution in [1.29, 1.82) is 0 Å². The molecule has 0 spiro atoms. The van der Waals surface area contributed by atoms with Gasteiger partial charge in [0.15, 0.2) is 5.78 Å². The number of fused-ring (bicyclic) bond motifs is 1. The Hall–Kier alpha value is -1.35. The topological polar surface area (TPSA) is 52.3 Å². The van der Waals surface area contributed by atoms with Gasteiger partial charge >= 0.3 is 0 Å². The van der Waals surface area contributed by atoms with E-state index in [0.29, 0.717) is 19.6 Å². The highest BCUT2D eigenvalue weighted by molar-refractivity contribution is 5.99. The van der Waals surface area contributed by atoms with Crippen molar-refractivity contribution in [3.63, 3.8) is 0 Å². The lowest BCUT2D eigenvalue weighted by Crippen LogP contribution is -2.17. The minimum atomic E-state index is 0.140. The highest BCUT2D eigenvalue weighted by atomic mass is 16.5. The molecule has 1 aliphatic heterocycles. The normalized spacial score (nSPS) is 15.9. The quantitative estimate of drug-likeness (QED) is 0.811. The molecule has 2 N–H and O–H groups in total. The Morgan fingerprint density at radius 3 is 3.12 bits per heavy atom. The molecule has 0 amide bonds. The predicted octanol–water partition coefficient (Wildman–Crippen LogP) is 2.18. The molecule has 92 valence electrons. The minimum absolute atomic E-state index is 0.140. The van der Waals surface area contributed by atoms with Gasteiger partial charge in [-0.3, -0.25) is 4.79 Å². The second-order valence-corrected chi connectivity index (χ2v) is 4.71. The Bertz CT molecular complexity index is 415. The average molecular weight is 233 g/mol. The SMILES string of the molecule is CC(CN)CC(=O)c1cccc2c1OCCC2. The molecule has 0 aromatic heterocycles. The fourth-order valence-corrected chi connectivity index (χ4v) is 2.12. The van der Waals surface area contributed by atoms with Crippen molar-refractivity contribution in [2.45, 2.75) is 26.2 Å². The van der Waals surface area contributed by atoms with E-state index >= 15 is 0 Å². The molecule has 0 saturated heterocycles. The van der Waals surface area contributed by atoms with E-state index in [-0.39, 0.29) is 11.7 Å². The number of ketones is 1. The highest BCUT2D eigenvalue weighted by Gasteiger charge is 2.19. The molecular weight excluding hydrogens is 214 g/mol. The van der Waals surface area contributed by atoms with Crippen molar-refractivity contribution >= 4 is 5.78 Å². The maximum atomic E-state index is 12.2. The summed E-state index contributed by atoms with van der Waals surface area (Å²) in [7, 11) is 0. The third-order valence-electron chi connectivity index (χ3n) is 3.17. The van der Waals surface area contributed by atoms with Crippen LogP contribution in [0.5, 0.6) is 5.75 Å². The summed E-state index contributed by atoms with van der Waals surface area (Å²) >= 11 is 0. The fraction of sp³-hybridized carbons (Fsp3) is 0.500. The summed E-state index contributed by atoms with van der Waals surface area (Å²) in [6, 6.07) is 5.83. The molecule has 1 aromatic carbocycles. The van der Waals surface area contributed by atoms with Crippen LogP contribution < -0.4 is 10.5 Å². The van der Waals surface area contributed by atoms with Crippen LogP contribution in [0, 0.1) is 5.92 Å². The molecule has 1 unspecified atom stereocenters. The third kappa shape index (κ3) is 2.67. The Morgan fingerprint density at radius 1 is 1.53 bits per heavy atom. The first-order valence-corrected chi connectivity index (χ1v) is 6.20. The van der Waals surface area contributed by atoms with Crippen LogP contribution in [-0.2, 0) is 6.42 Å². The molecule has 1 atom stereocenters. The van der Waals surface area contributed by atoms with Gasteiger partial charge in [0.1, 0.15) is 5.75 Å². The van der Waals surface area contributed by atoms with Gasteiger partial charge in [0.05, 0.1) is 12.2 Å². The van der Waals surface area contributed by atoms with Gasteiger partial charge in [0, 0.05) is 6.42 Å². The molecule has 3 nitrogen and oxygen atoms in total. The standard InChI is InChI=1S/C14H19NO2/c1-10(9-15)8-13(16)12-6-2-4-11-5-3-7-17-14(11)12/h2,4,6,10H,3,5,7-9,15H2,1H3. The van der Waals surface area contributed by atoms with Crippen LogP contribution in [0.2, 0.25) is 0 Å². The monoisotopic (exact) mass is 233 g/mol. The molecule has 1 aliphatic rings. The Morgan fingerprint density at radius 2 is 2.35 bits per heavy atom. The Kier molecular flexibility index (Phi) is 3.79. The van der Waals surface area contributed by atoms with Gasteiger partial charge in [-0.25, -0.2) is 0 Å². The summed E-state index contributed by atoms with van der Waals surface area (Å²) in [5, 5.41) is 0. The first kappa shape index (κ1) is 12.1. The third-order valence-corrected chi connectivity index (χ3v) is 3.17. The zero-order chi connectivity index (χ0) is 12.3. The van der Waals surface area contributed by atoms with Crippen LogP contribution in [0.1, 0.15) is 35.7 Å². The summed E-state index contributed by atoms with van der Waals surface area (Å²) in [5.41, 5.74) is 7.43. The van der Waals surface area contributed by atoms with Crippen LogP contribution >= 0.6 is 0 Å². The molecule has 17 heavy (non-hydrogen) atoms. The van der Waals surface area contributed by atoms with E-state index in [1.807, 2.05) is 25.1 Å². The van der Waals surface area contributed by atoms with Gasteiger partial charge < -0.3 is 10.5 Å². The second kappa shape index (κ2) is 5.32. The van der Waals surface area contributed by atoms with Crippen LogP contribution in [0.25, 0.3) is 0 Å². The molecule has 0 saturated carbocycles. The van der Waals surface area contributed by atoms with E-state index in [1.165, 1.54) is 0 Å². The lowest BCUT2D eigenvalue weighted by Gasteiger charge is -2.20.